The van der Waals surface area contributed by atoms with E-state index in [1.165, 1.54) is 23.8 Å². The van der Waals surface area contributed by atoms with Crippen LogP contribution in [0.1, 0.15) is 11.1 Å². The summed E-state index contributed by atoms with van der Waals surface area (Å²) in [6, 6.07) is 20.0. The van der Waals surface area contributed by atoms with Crippen LogP contribution in [0.3, 0.4) is 0 Å². The summed E-state index contributed by atoms with van der Waals surface area (Å²) in [5.41, 5.74) is 3.07. The summed E-state index contributed by atoms with van der Waals surface area (Å²) in [5, 5.41) is 2.80. The van der Waals surface area contributed by atoms with E-state index < -0.39 is 0 Å². The maximum absolute atomic E-state index is 13.2. The molecule has 2 amide bonds. The van der Waals surface area contributed by atoms with Gasteiger partial charge in [0.15, 0.2) is 22.4 Å². The molecule has 0 unspecified atom stereocenters. The van der Waals surface area contributed by atoms with Gasteiger partial charge in [0.2, 0.25) is 0 Å². The van der Waals surface area contributed by atoms with E-state index in [2.05, 4.69) is 5.32 Å². The molecule has 1 aliphatic rings. The van der Waals surface area contributed by atoms with Gasteiger partial charge in [0.25, 0.3) is 11.8 Å². The highest BCUT2D eigenvalue weighted by atomic mass is 32.2. The number of carbonyl (C=O) groups is 2. The molecule has 0 atom stereocenters. The number of rotatable bonds is 8. The molecular weight excluding hydrogens is 496 g/mol. The van der Waals surface area contributed by atoms with Gasteiger partial charge >= 0.3 is 0 Å². The number of anilines is 2. The van der Waals surface area contributed by atoms with E-state index in [0.29, 0.717) is 37.8 Å². The van der Waals surface area contributed by atoms with Crippen molar-refractivity contribution >= 4 is 57.6 Å². The predicted molar refractivity (Wildman–Crippen MR) is 147 cm³/mol. The maximum atomic E-state index is 13.2. The molecular formula is C27H24N2O5S2. The Bertz CT molecular complexity index is 1360. The molecule has 0 radical (unpaired) electrons. The molecule has 0 aromatic heterocycles. The number of methoxy groups -OCH3 is 2. The molecule has 1 N–H and O–H groups in total. The smallest absolute Gasteiger partial charge is 0.270 e. The van der Waals surface area contributed by atoms with Crippen molar-refractivity contribution in [3.8, 4) is 17.2 Å². The molecule has 1 aliphatic heterocycles. The normalized spacial score (nSPS) is 14.2. The monoisotopic (exact) mass is 520 g/mol. The molecule has 0 spiro atoms. The second-order valence-corrected chi connectivity index (χ2v) is 9.48. The van der Waals surface area contributed by atoms with E-state index >= 15 is 0 Å². The minimum atomic E-state index is -0.285. The van der Waals surface area contributed by atoms with Crippen molar-refractivity contribution in [2.45, 2.75) is 6.92 Å². The highest BCUT2D eigenvalue weighted by Crippen LogP contribution is 2.40. The van der Waals surface area contributed by atoms with Gasteiger partial charge in [0.1, 0.15) is 5.75 Å². The number of hydrogen-bond acceptors (Lipinski definition) is 7. The fraction of sp³-hybridized carbons (Fsp3) is 0.148. The standard InChI is InChI=1S/C27H24N2O5S2/c1-17-7-6-8-19(13-17)28-25(30)16-34-22-12-11-18(14-23(22)33-3)15-24-26(31)29(27(35)36-24)20-9-4-5-10-21(20)32-2/h4-15H,16H2,1-3H3,(H,28,30)/b24-15+. The fourth-order valence-electron chi connectivity index (χ4n) is 3.60. The van der Waals surface area contributed by atoms with Crippen molar-refractivity contribution < 1.29 is 23.8 Å². The van der Waals surface area contributed by atoms with E-state index in [-0.39, 0.29) is 18.4 Å². The molecule has 9 heteroatoms. The highest BCUT2D eigenvalue weighted by molar-refractivity contribution is 8.27. The van der Waals surface area contributed by atoms with Crippen LogP contribution >= 0.6 is 24.0 Å². The van der Waals surface area contributed by atoms with Gasteiger partial charge in [0.05, 0.1) is 24.8 Å². The first-order valence-corrected chi connectivity index (χ1v) is 12.2. The summed E-state index contributed by atoms with van der Waals surface area (Å²) in [5.74, 6) is 0.890. The van der Waals surface area contributed by atoms with Gasteiger partial charge in [-0.2, -0.15) is 0 Å². The lowest BCUT2D eigenvalue weighted by atomic mass is 10.1. The Kier molecular flexibility index (Phi) is 7.92. The Morgan fingerprint density at radius 2 is 1.78 bits per heavy atom. The Hall–Kier alpha value is -3.82. The van der Waals surface area contributed by atoms with Crippen molar-refractivity contribution in [3.63, 3.8) is 0 Å². The van der Waals surface area contributed by atoms with Crippen LogP contribution < -0.4 is 24.4 Å². The third-order valence-electron chi connectivity index (χ3n) is 5.27. The van der Waals surface area contributed by atoms with Crippen molar-refractivity contribution in [2.75, 3.05) is 31.0 Å². The van der Waals surface area contributed by atoms with Gasteiger partial charge < -0.3 is 19.5 Å². The number of ether oxygens (including phenoxy) is 3. The van der Waals surface area contributed by atoms with Crippen molar-refractivity contribution in [1.82, 2.24) is 0 Å². The van der Waals surface area contributed by atoms with Crippen LogP contribution in [-0.2, 0) is 9.59 Å². The van der Waals surface area contributed by atoms with E-state index in [1.807, 2.05) is 43.3 Å². The van der Waals surface area contributed by atoms with Crippen LogP contribution in [-0.4, -0.2) is 37.0 Å². The first-order chi connectivity index (χ1) is 17.4. The number of para-hydroxylation sites is 2. The Morgan fingerprint density at radius 1 is 1.00 bits per heavy atom. The Balaban J connectivity index is 1.47. The molecule has 1 saturated heterocycles. The van der Waals surface area contributed by atoms with Gasteiger partial charge in [-0.1, -0.05) is 54.3 Å². The largest absolute Gasteiger partial charge is 0.495 e. The van der Waals surface area contributed by atoms with Crippen LogP contribution in [0.25, 0.3) is 6.08 Å². The van der Waals surface area contributed by atoms with Gasteiger partial charge in [0, 0.05) is 5.69 Å². The van der Waals surface area contributed by atoms with Crippen LogP contribution in [0.5, 0.6) is 17.2 Å². The molecule has 4 rings (SSSR count). The molecule has 184 valence electrons. The van der Waals surface area contributed by atoms with E-state index in [9.17, 15) is 9.59 Å². The van der Waals surface area contributed by atoms with Gasteiger partial charge in [-0.3, -0.25) is 14.5 Å². The molecule has 0 aliphatic carbocycles. The van der Waals surface area contributed by atoms with Crippen molar-refractivity contribution in [2.24, 2.45) is 0 Å². The van der Waals surface area contributed by atoms with Gasteiger partial charge in [-0.15, -0.1) is 0 Å². The van der Waals surface area contributed by atoms with Gasteiger partial charge in [-0.25, -0.2) is 0 Å². The average molecular weight is 521 g/mol. The third-order valence-corrected chi connectivity index (χ3v) is 6.57. The number of nitrogens with one attached hydrogen (secondary N) is 1. The SMILES string of the molecule is COc1cc(/C=C2/SC(=S)N(c3ccccc3OC)C2=O)ccc1OCC(=O)Nc1cccc(C)c1. The molecule has 36 heavy (non-hydrogen) atoms. The number of hydrogen-bond donors (Lipinski definition) is 1. The van der Waals surface area contributed by atoms with Crippen LogP contribution in [0.4, 0.5) is 11.4 Å². The van der Waals surface area contributed by atoms with Crippen molar-refractivity contribution in [1.29, 1.82) is 0 Å². The first kappa shape index (κ1) is 25.3. The predicted octanol–water partition coefficient (Wildman–Crippen LogP) is 5.44. The number of benzene rings is 3. The minimum Gasteiger partial charge on any atom is -0.495 e. The zero-order chi connectivity index (χ0) is 25.7. The summed E-state index contributed by atoms with van der Waals surface area (Å²) >= 11 is 6.68. The number of carbonyl (C=O) groups excluding carboxylic acids is 2. The lowest BCUT2D eigenvalue weighted by molar-refractivity contribution is -0.118. The maximum Gasteiger partial charge on any atom is 0.270 e. The molecule has 3 aromatic carbocycles. The van der Waals surface area contributed by atoms with Crippen LogP contribution in [0.15, 0.2) is 71.6 Å². The lowest BCUT2D eigenvalue weighted by Gasteiger charge is -2.17. The second-order valence-electron chi connectivity index (χ2n) is 7.81. The molecule has 3 aromatic rings. The molecule has 0 saturated carbocycles. The summed E-state index contributed by atoms with van der Waals surface area (Å²) in [6.07, 6.45) is 1.74. The van der Waals surface area contributed by atoms with Gasteiger partial charge in [-0.05, 0) is 60.5 Å². The fourth-order valence-corrected chi connectivity index (χ4v) is 4.88. The average Bonchev–Trinajstić information content (AvgIpc) is 3.15. The highest BCUT2D eigenvalue weighted by Gasteiger charge is 2.34. The number of nitrogens with zero attached hydrogens (tertiary/aromatic N) is 1. The topological polar surface area (TPSA) is 77.1 Å². The number of aryl methyl sites for hydroxylation is 1. The number of thiocarbonyl (C=S) groups is 1. The summed E-state index contributed by atoms with van der Waals surface area (Å²) in [7, 11) is 3.06. The zero-order valence-corrected chi connectivity index (χ0v) is 21.6. The Labute approximate surface area is 219 Å². The minimum absolute atomic E-state index is 0.179. The second kappa shape index (κ2) is 11.3. The molecule has 0 bridgehead atoms. The molecule has 1 heterocycles. The summed E-state index contributed by atoms with van der Waals surface area (Å²) < 4.78 is 16.9. The number of thioether (sulfide) groups is 1. The lowest BCUT2D eigenvalue weighted by Crippen LogP contribution is -2.27. The number of amides is 2. The first-order valence-electron chi connectivity index (χ1n) is 11.0. The zero-order valence-electron chi connectivity index (χ0n) is 19.9. The van der Waals surface area contributed by atoms with E-state index in [4.69, 9.17) is 26.4 Å². The summed E-state index contributed by atoms with van der Waals surface area (Å²) in [4.78, 5) is 27.4. The molecule has 1 fully saturated rings. The summed E-state index contributed by atoms with van der Waals surface area (Å²) in [6.45, 7) is 1.77. The van der Waals surface area contributed by atoms with E-state index in [0.717, 1.165) is 11.1 Å². The van der Waals surface area contributed by atoms with Crippen LogP contribution in [0, 0.1) is 6.92 Å². The van der Waals surface area contributed by atoms with Crippen molar-refractivity contribution in [3.05, 3.63) is 82.8 Å². The quantitative estimate of drug-likeness (QED) is 0.313. The molecule has 7 nitrogen and oxygen atoms in total. The Morgan fingerprint density at radius 3 is 2.53 bits per heavy atom. The van der Waals surface area contributed by atoms with Crippen LogP contribution in [0.2, 0.25) is 0 Å². The van der Waals surface area contributed by atoms with E-state index in [1.54, 1.807) is 43.5 Å². The third kappa shape index (κ3) is 5.69.